The van der Waals surface area contributed by atoms with Crippen LogP contribution < -0.4 is 30.2 Å². The highest BCUT2D eigenvalue weighted by Gasteiger charge is 2.33. The minimum Gasteiger partial charge on any atom is -0.497 e. The molecule has 2 aliphatic heterocycles. The monoisotopic (exact) mass is 494 g/mol. The molecule has 5 rings (SSSR count). The van der Waals surface area contributed by atoms with Gasteiger partial charge in [0.15, 0.2) is 6.23 Å². The van der Waals surface area contributed by atoms with Gasteiger partial charge < -0.3 is 30.2 Å². The number of rotatable bonds is 5. The Morgan fingerprint density at radius 3 is 2.80 bits per heavy atom. The number of nitrogens with zero attached hydrogens (tertiary/aromatic N) is 1. The van der Waals surface area contributed by atoms with Crippen LogP contribution in [0.25, 0.3) is 0 Å². The van der Waals surface area contributed by atoms with Crippen molar-refractivity contribution in [3.05, 3.63) is 64.8 Å². The van der Waals surface area contributed by atoms with Crippen LogP contribution in [0.5, 0.6) is 23.0 Å². The molecule has 2 aliphatic rings. The van der Waals surface area contributed by atoms with Gasteiger partial charge in [-0.1, -0.05) is 18.5 Å². The lowest BCUT2D eigenvalue weighted by Gasteiger charge is -2.19. The van der Waals surface area contributed by atoms with Gasteiger partial charge in [-0.25, -0.2) is 9.78 Å². The first kappa shape index (κ1) is 22.8. The van der Waals surface area contributed by atoms with Crippen LogP contribution in [-0.2, 0) is 11.2 Å². The third kappa shape index (κ3) is 4.67. The molecule has 0 saturated carbocycles. The van der Waals surface area contributed by atoms with E-state index in [1.807, 2.05) is 19.1 Å². The molecule has 0 radical (unpaired) electrons. The average Bonchev–Trinajstić information content (AvgIpc) is 3.14. The number of methoxy groups -OCH3 is 1. The van der Waals surface area contributed by atoms with Crippen LogP contribution in [0, 0.1) is 0 Å². The first-order chi connectivity index (χ1) is 16.9. The fraction of sp³-hybridized carbons (Fsp3) is 0.240. The summed E-state index contributed by atoms with van der Waals surface area (Å²) in [6, 6.07) is 11.9. The van der Waals surface area contributed by atoms with Crippen molar-refractivity contribution in [1.82, 2.24) is 10.3 Å². The molecule has 0 fully saturated rings. The van der Waals surface area contributed by atoms with Crippen molar-refractivity contribution in [2.45, 2.75) is 31.9 Å². The summed E-state index contributed by atoms with van der Waals surface area (Å²) in [4.78, 5) is 28.5. The smallest absolute Gasteiger partial charge is 0.322 e. The summed E-state index contributed by atoms with van der Waals surface area (Å²) in [6.07, 6.45) is 1.99. The highest BCUT2D eigenvalue weighted by atomic mass is 35.5. The van der Waals surface area contributed by atoms with Crippen LogP contribution >= 0.6 is 11.6 Å². The summed E-state index contributed by atoms with van der Waals surface area (Å²) in [5.74, 6) is 2.88. The molecular weight excluding hydrogens is 472 g/mol. The molecule has 2 aromatic carbocycles. The van der Waals surface area contributed by atoms with Gasteiger partial charge in [0, 0.05) is 35.7 Å². The summed E-state index contributed by atoms with van der Waals surface area (Å²) >= 11 is 6.21. The average molecular weight is 495 g/mol. The van der Waals surface area contributed by atoms with E-state index in [-0.39, 0.29) is 11.8 Å². The molecule has 0 bridgehead atoms. The van der Waals surface area contributed by atoms with E-state index in [1.54, 1.807) is 43.6 Å². The number of amides is 3. The molecule has 3 N–H and O–H groups in total. The largest absolute Gasteiger partial charge is 0.497 e. The van der Waals surface area contributed by atoms with Crippen molar-refractivity contribution in [2.75, 3.05) is 17.7 Å². The molecular formula is C25H23ClN4O5. The lowest BCUT2D eigenvalue weighted by atomic mass is 10.0. The number of aromatic nitrogens is 1. The lowest BCUT2D eigenvalue weighted by molar-refractivity contribution is -0.116. The number of nitrogens with one attached hydrogen (secondary N) is 3. The Balaban J connectivity index is 1.27. The molecule has 35 heavy (non-hydrogen) atoms. The zero-order chi connectivity index (χ0) is 24.5. The van der Waals surface area contributed by atoms with E-state index < -0.39 is 12.3 Å². The summed E-state index contributed by atoms with van der Waals surface area (Å²) in [5, 5.41) is 8.71. The number of hydrogen-bond donors (Lipinski definition) is 3. The fourth-order valence-electron chi connectivity index (χ4n) is 4.10. The van der Waals surface area contributed by atoms with E-state index in [0.717, 1.165) is 11.1 Å². The third-order valence-electron chi connectivity index (χ3n) is 5.98. The zero-order valence-corrected chi connectivity index (χ0v) is 19.8. The number of benzene rings is 2. The summed E-state index contributed by atoms with van der Waals surface area (Å²) in [5.41, 5.74) is 2.23. The summed E-state index contributed by atoms with van der Waals surface area (Å²) in [7, 11) is 1.54. The predicted octanol–water partition coefficient (Wildman–Crippen LogP) is 5.06. The van der Waals surface area contributed by atoms with Crippen LogP contribution in [0.15, 0.2) is 48.7 Å². The van der Waals surface area contributed by atoms with Gasteiger partial charge in [0.2, 0.25) is 5.91 Å². The lowest BCUT2D eigenvalue weighted by Crippen LogP contribution is -2.42. The van der Waals surface area contributed by atoms with E-state index in [9.17, 15) is 9.59 Å². The standard InChI is InChI=1S/C25H23ClN4O5/c1-13-17-11-15(34-21-9-10-27-23-16(21)5-8-22(31)29-23)4-7-20(17)35-24(13)30-25(32)28-19-6-3-14(33-2)12-18(19)26/h3-4,6-7,9-13,24H,5,8H2,1-2H3,(H,27,29,31)(H2,28,30,32)/t13-,24+/m0/s1. The molecule has 3 aromatic rings. The minimum atomic E-state index is -0.568. The van der Waals surface area contributed by atoms with Crippen LogP contribution in [0.1, 0.15) is 30.4 Å². The van der Waals surface area contributed by atoms with Gasteiger partial charge in [-0.05, 0) is 42.8 Å². The molecule has 0 saturated heterocycles. The van der Waals surface area contributed by atoms with E-state index in [2.05, 4.69) is 20.9 Å². The molecule has 180 valence electrons. The highest BCUT2D eigenvalue weighted by molar-refractivity contribution is 6.33. The first-order valence-electron chi connectivity index (χ1n) is 11.1. The van der Waals surface area contributed by atoms with Gasteiger partial charge in [0.05, 0.1) is 17.8 Å². The maximum Gasteiger partial charge on any atom is 0.322 e. The maximum atomic E-state index is 12.6. The second-order valence-electron chi connectivity index (χ2n) is 8.26. The second-order valence-corrected chi connectivity index (χ2v) is 8.66. The Hall–Kier alpha value is -3.98. The molecule has 2 atom stereocenters. The minimum absolute atomic E-state index is 0.0532. The van der Waals surface area contributed by atoms with Crippen molar-refractivity contribution in [3.63, 3.8) is 0 Å². The number of carbonyl (C=O) groups excluding carboxylic acids is 2. The van der Waals surface area contributed by atoms with E-state index in [0.29, 0.717) is 52.4 Å². The second kappa shape index (κ2) is 9.34. The SMILES string of the molecule is COc1ccc(NC(=O)N[C@@H]2Oc3ccc(Oc4ccnc5c4CCC(=O)N5)cc3[C@@H]2C)c(Cl)c1. The van der Waals surface area contributed by atoms with Gasteiger partial charge in [0.25, 0.3) is 0 Å². The molecule has 3 amide bonds. The van der Waals surface area contributed by atoms with Crippen LogP contribution in [0.3, 0.4) is 0 Å². The van der Waals surface area contributed by atoms with Crippen molar-refractivity contribution in [1.29, 1.82) is 0 Å². The number of anilines is 2. The van der Waals surface area contributed by atoms with Gasteiger partial charge in [0.1, 0.15) is 28.8 Å². The fourth-order valence-corrected chi connectivity index (χ4v) is 4.32. The van der Waals surface area contributed by atoms with E-state index >= 15 is 0 Å². The Labute approximate surface area is 206 Å². The van der Waals surface area contributed by atoms with Gasteiger partial charge in [-0.3, -0.25) is 4.79 Å². The van der Waals surface area contributed by atoms with Crippen LogP contribution in [-0.4, -0.2) is 30.3 Å². The topological polar surface area (TPSA) is 111 Å². The van der Waals surface area contributed by atoms with Crippen molar-refractivity contribution >= 4 is 35.0 Å². The molecule has 0 unspecified atom stereocenters. The molecule has 9 nitrogen and oxygen atoms in total. The van der Waals surface area contributed by atoms with Gasteiger partial charge in [-0.15, -0.1) is 0 Å². The van der Waals surface area contributed by atoms with Crippen molar-refractivity contribution in [3.8, 4) is 23.0 Å². The van der Waals surface area contributed by atoms with E-state index in [4.69, 9.17) is 25.8 Å². The number of carbonyl (C=O) groups is 2. The third-order valence-corrected chi connectivity index (χ3v) is 6.29. The molecule has 1 aromatic heterocycles. The van der Waals surface area contributed by atoms with Crippen LogP contribution in [0.2, 0.25) is 5.02 Å². The van der Waals surface area contributed by atoms with Crippen LogP contribution in [0.4, 0.5) is 16.3 Å². The number of hydrogen-bond acceptors (Lipinski definition) is 6. The Bertz CT molecular complexity index is 1320. The predicted molar refractivity (Wildman–Crippen MR) is 131 cm³/mol. The Morgan fingerprint density at radius 2 is 2.00 bits per heavy atom. The van der Waals surface area contributed by atoms with Gasteiger partial charge >= 0.3 is 6.03 Å². The van der Waals surface area contributed by atoms with Gasteiger partial charge in [-0.2, -0.15) is 0 Å². The number of urea groups is 1. The van der Waals surface area contributed by atoms with Crippen molar-refractivity contribution in [2.24, 2.45) is 0 Å². The number of halogens is 1. The number of fused-ring (bicyclic) bond motifs is 2. The molecule has 0 aliphatic carbocycles. The quantitative estimate of drug-likeness (QED) is 0.457. The molecule has 3 heterocycles. The number of ether oxygens (including phenoxy) is 3. The zero-order valence-electron chi connectivity index (χ0n) is 19.1. The Kier molecular flexibility index (Phi) is 6.08. The first-order valence-corrected chi connectivity index (χ1v) is 11.5. The number of pyridine rings is 1. The Morgan fingerprint density at radius 1 is 1.17 bits per heavy atom. The normalized spacial score (nSPS) is 18.0. The maximum absolute atomic E-state index is 12.6. The molecule has 0 spiro atoms. The van der Waals surface area contributed by atoms with Crippen molar-refractivity contribution < 1.29 is 23.8 Å². The summed E-state index contributed by atoms with van der Waals surface area (Å²) in [6.45, 7) is 1.96. The van der Waals surface area contributed by atoms with E-state index in [1.165, 1.54) is 0 Å². The highest BCUT2D eigenvalue weighted by Crippen LogP contribution is 2.41. The molecule has 10 heteroatoms. The summed E-state index contributed by atoms with van der Waals surface area (Å²) < 4.78 is 17.2.